The lowest BCUT2D eigenvalue weighted by Gasteiger charge is -2.24. The summed E-state index contributed by atoms with van der Waals surface area (Å²) >= 11 is 0. The quantitative estimate of drug-likeness (QED) is 0.862. The van der Waals surface area contributed by atoms with Gasteiger partial charge in [0.05, 0.1) is 12.2 Å². The van der Waals surface area contributed by atoms with Crippen LogP contribution < -0.4 is 4.90 Å². The molecule has 1 saturated heterocycles. The van der Waals surface area contributed by atoms with Crippen LogP contribution in [0.5, 0.6) is 0 Å². The van der Waals surface area contributed by atoms with Crippen LogP contribution in [0.3, 0.4) is 0 Å². The normalized spacial score (nSPS) is 18.8. The lowest BCUT2D eigenvalue weighted by atomic mass is 10.0. The van der Waals surface area contributed by atoms with Gasteiger partial charge in [-0.2, -0.15) is 0 Å². The van der Waals surface area contributed by atoms with E-state index < -0.39 is 0 Å². The van der Waals surface area contributed by atoms with Crippen molar-refractivity contribution in [3.05, 3.63) is 47.2 Å². The number of rotatable bonds is 4. The molecule has 4 heteroatoms. The first-order valence-electron chi connectivity index (χ1n) is 7.99. The molecule has 1 aliphatic rings. The zero-order valence-electron chi connectivity index (χ0n) is 14.0. The van der Waals surface area contributed by atoms with Crippen molar-refractivity contribution in [3.63, 3.8) is 0 Å². The number of hydrogen-bond donors (Lipinski definition) is 0. The standard InChI is InChI=1S/C18H25N3O/c1-13-14(2)22-18(19-13)12-21-10-6-9-17(21)15-7-5-8-16(11-15)20(3)4/h5,7-8,11,17H,6,9-10,12H2,1-4H3/t17-/m0/s1. The highest BCUT2D eigenvalue weighted by atomic mass is 16.4. The highest BCUT2D eigenvalue weighted by Crippen LogP contribution is 2.34. The Morgan fingerprint density at radius 2 is 2.14 bits per heavy atom. The summed E-state index contributed by atoms with van der Waals surface area (Å²) < 4.78 is 5.76. The number of nitrogens with zero attached hydrogens (tertiary/aromatic N) is 3. The Morgan fingerprint density at radius 3 is 2.82 bits per heavy atom. The largest absolute Gasteiger partial charge is 0.444 e. The van der Waals surface area contributed by atoms with Crippen LogP contribution in [0.1, 0.15) is 41.8 Å². The first-order valence-corrected chi connectivity index (χ1v) is 7.99. The van der Waals surface area contributed by atoms with E-state index >= 15 is 0 Å². The van der Waals surface area contributed by atoms with Gasteiger partial charge < -0.3 is 9.32 Å². The first kappa shape index (κ1) is 15.1. The molecule has 22 heavy (non-hydrogen) atoms. The van der Waals surface area contributed by atoms with Gasteiger partial charge in [-0.05, 0) is 50.9 Å². The van der Waals surface area contributed by atoms with E-state index in [1.165, 1.54) is 24.1 Å². The van der Waals surface area contributed by atoms with E-state index in [2.05, 4.69) is 53.1 Å². The lowest BCUT2D eigenvalue weighted by molar-refractivity contribution is 0.222. The van der Waals surface area contributed by atoms with Crippen molar-refractivity contribution in [1.82, 2.24) is 9.88 Å². The van der Waals surface area contributed by atoms with Gasteiger partial charge in [-0.25, -0.2) is 4.98 Å². The van der Waals surface area contributed by atoms with Crippen LogP contribution in [-0.4, -0.2) is 30.5 Å². The van der Waals surface area contributed by atoms with E-state index in [-0.39, 0.29) is 0 Å². The summed E-state index contributed by atoms with van der Waals surface area (Å²) in [6, 6.07) is 9.31. The molecule has 0 saturated carbocycles. The number of anilines is 1. The molecule has 1 fully saturated rings. The molecule has 1 aromatic carbocycles. The van der Waals surface area contributed by atoms with Crippen LogP contribution in [0, 0.1) is 13.8 Å². The van der Waals surface area contributed by atoms with Crippen molar-refractivity contribution in [1.29, 1.82) is 0 Å². The summed E-state index contributed by atoms with van der Waals surface area (Å²) in [5, 5.41) is 0. The molecule has 1 aliphatic heterocycles. The summed E-state index contributed by atoms with van der Waals surface area (Å²) in [6.07, 6.45) is 2.44. The molecule has 0 bridgehead atoms. The number of hydrogen-bond acceptors (Lipinski definition) is 4. The Morgan fingerprint density at radius 1 is 1.32 bits per heavy atom. The summed E-state index contributed by atoms with van der Waals surface area (Å²) in [5.74, 6) is 1.77. The van der Waals surface area contributed by atoms with Crippen molar-refractivity contribution in [2.24, 2.45) is 0 Å². The Balaban J connectivity index is 1.79. The maximum absolute atomic E-state index is 5.76. The molecule has 0 radical (unpaired) electrons. The molecule has 0 aliphatic carbocycles. The van der Waals surface area contributed by atoms with Crippen LogP contribution >= 0.6 is 0 Å². The Hall–Kier alpha value is -1.81. The molecular formula is C18H25N3O. The van der Waals surface area contributed by atoms with Crippen molar-refractivity contribution in [2.75, 3.05) is 25.5 Å². The molecular weight excluding hydrogens is 274 g/mol. The van der Waals surface area contributed by atoms with Crippen molar-refractivity contribution in [3.8, 4) is 0 Å². The van der Waals surface area contributed by atoms with Crippen LogP contribution in [-0.2, 0) is 6.54 Å². The van der Waals surface area contributed by atoms with Crippen LogP contribution in [0.15, 0.2) is 28.7 Å². The fourth-order valence-electron chi connectivity index (χ4n) is 3.18. The van der Waals surface area contributed by atoms with E-state index in [0.29, 0.717) is 6.04 Å². The second kappa shape index (κ2) is 6.13. The van der Waals surface area contributed by atoms with Crippen molar-refractivity contribution >= 4 is 5.69 Å². The van der Waals surface area contributed by atoms with Gasteiger partial charge in [0, 0.05) is 25.8 Å². The van der Waals surface area contributed by atoms with Crippen LogP contribution in [0.4, 0.5) is 5.69 Å². The third-order valence-corrected chi connectivity index (χ3v) is 4.55. The SMILES string of the molecule is Cc1nc(CN2CCC[C@H]2c2cccc(N(C)C)c2)oc1C. The predicted molar refractivity (Wildman–Crippen MR) is 89.1 cm³/mol. The number of likely N-dealkylation sites (tertiary alicyclic amines) is 1. The van der Waals surface area contributed by atoms with E-state index in [4.69, 9.17) is 4.42 Å². The van der Waals surface area contributed by atoms with Gasteiger partial charge in [0.1, 0.15) is 5.76 Å². The molecule has 2 heterocycles. The molecule has 0 unspecified atom stereocenters. The first-order chi connectivity index (χ1) is 10.5. The van der Waals surface area contributed by atoms with E-state index in [1.54, 1.807) is 0 Å². The minimum atomic E-state index is 0.465. The maximum Gasteiger partial charge on any atom is 0.208 e. The van der Waals surface area contributed by atoms with Gasteiger partial charge in [0.15, 0.2) is 0 Å². The molecule has 118 valence electrons. The maximum atomic E-state index is 5.76. The summed E-state index contributed by atoms with van der Waals surface area (Å²) in [5.41, 5.74) is 3.65. The summed E-state index contributed by atoms with van der Waals surface area (Å²) in [7, 11) is 4.17. The smallest absolute Gasteiger partial charge is 0.208 e. The minimum Gasteiger partial charge on any atom is -0.444 e. The van der Waals surface area contributed by atoms with E-state index in [9.17, 15) is 0 Å². The average molecular weight is 299 g/mol. The number of aryl methyl sites for hydroxylation is 2. The zero-order valence-corrected chi connectivity index (χ0v) is 14.0. The summed E-state index contributed by atoms with van der Waals surface area (Å²) in [4.78, 5) is 9.17. The predicted octanol–water partition coefficient (Wildman–Crippen LogP) is 3.69. The minimum absolute atomic E-state index is 0.465. The van der Waals surface area contributed by atoms with Gasteiger partial charge in [-0.1, -0.05) is 12.1 Å². The second-order valence-electron chi connectivity index (χ2n) is 6.37. The Kier molecular flexibility index (Phi) is 4.21. The highest BCUT2D eigenvalue weighted by Gasteiger charge is 2.27. The average Bonchev–Trinajstić information content (AvgIpc) is 3.07. The van der Waals surface area contributed by atoms with Gasteiger partial charge in [-0.3, -0.25) is 4.90 Å². The number of benzene rings is 1. The summed E-state index contributed by atoms with van der Waals surface area (Å²) in [6.45, 7) is 5.89. The van der Waals surface area contributed by atoms with E-state index in [1.807, 2.05) is 13.8 Å². The monoisotopic (exact) mass is 299 g/mol. The van der Waals surface area contributed by atoms with Crippen molar-refractivity contribution in [2.45, 2.75) is 39.3 Å². The molecule has 0 spiro atoms. The van der Waals surface area contributed by atoms with Gasteiger partial charge in [0.2, 0.25) is 5.89 Å². The topological polar surface area (TPSA) is 32.5 Å². The molecule has 0 N–H and O–H groups in total. The van der Waals surface area contributed by atoms with Gasteiger partial charge in [0.25, 0.3) is 0 Å². The zero-order chi connectivity index (χ0) is 15.7. The Bertz CT molecular complexity index is 628. The number of oxazole rings is 1. The second-order valence-corrected chi connectivity index (χ2v) is 6.37. The molecule has 4 nitrogen and oxygen atoms in total. The van der Waals surface area contributed by atoms with Crippen molar-refractivity contribution < 1.29 is 4.42 Å². The van der Waals surface area contributed by atoms with Gasteiger partial charge >= 0.3 is 0 Å². The van der Waals surface area contributed by atoms with Gasteiger partial charge in [-0.15, -0.1) is 0 Å². The third-order valence-electron chi connectivity index (χ3n) is 4.55. The molecule has 1 aromatic heterocycles. The van der Waals surface area contributed by atoms with Crippen LogP contribution in [0.2, 0.25) is 0 Å². The molecule has 1 atom stereocenters. The third kappa shape index (κ3) is 3.02. The fraction of sp³-hybridized carbons (Fsp3) is 0.500. The molecule has 3 rings (SSSR count). The van der Waals surface area contributed by atoms with E-state index in [0.717, 1.165) is 30.4 Å². The lowest BCUT2D eigenvalue weighted by Crippen LogP contribution is -2.23. The Labute approximate surface area is 132 Å². The fourth-order valence-corrected chi connectivity index (χ4v) is 3.18. The molecule has 2 aromatic rings. The van der Waals surface area contributed by atoms with Crippen LogP contribution in [0.25, 0.3) is 0 Å². The molecule has 0 amide bonds. The highest BCUT2D eigenvalue weighted by molar-refractivity contribution is 5.48. The number of aromatic nitrogens is 1.